The number of nitrogens with zero attached hydrogens (tertiary/aromatic N) is 2. The van der Waals surface area contributed by atoms with Gasteiger partial charge in [0.2, 0.25) is 5.91 Å². The molecular formula is C26H26Cl2N4O3. The quantitative estimate of drug-likeness (QED) is 0.459. The summed E-state index contributed by atoms with van der Waals surface area (Å²) in [6, 6.07) is 19.0. The molecule has 4 rings (SSSR count). The van der Waals surface area contributed by atoms with E-state index in [0.717, 1.165) is 18.7 Å². The maximum absolute atomic E-state index is 13.4. The number of hydrogen-bond acceptors (Lipinski definition) is 4. The number of urea groups is 1. The Balaban J connectivity index is 1.66. The average Bonchev–Trinajstić information content (AvgIpc) is 2.86. The highest BCUT2D eigenvalue weighted by molar-refractivity contribution is 6.31. The first kappa shape index (κ1) is 25.0. The molecule has 1 saturated heterocycles. The van der Waals surface area contributed by atoms with Crippen LogP contribution in [0, 0.1) is 0 Å². The first-order valence-electron chi connectivity index (χ1n) is 11.2. The zero-order valence-electron chi connectivity index (χ0n) is 19.0. The van der Waals surface area contributed by atoms with Gasteiger partial charge in [0.25, 0.3) is 0 Å². The van der Waals surface area contributed by atoms with Crippen LogP contribution in [-0.2, 0) is 4.74 Å². The Morgan fingerprint density at radius 1 is 0.943 bits per heavy atom. The van der Waals surface area contributed by atoms with Gasteiger partial charge in [-0.15, -0.1) is 0 Å². The van der Waals surface area contributed by atoms with Crippen LogP contribution < -0.4 is 16.0 Å². The monoisotopic (exact) mass is 512 g/mol. The van der Waals surface area contributed by atoms with Gasteiger partial charge in [-0.25, -0.2) is 4.79 Å². The molecule has 7 nitrogen and oxygen atoms in total. The lowest BCUT2D eigenvalue weighted by atomic mass is 9.98. The van der Waals surface area contributed by atoms with Gasteiger partial charge in [0, 0.05) is 53.2 Å². The van der Waals surface area contributed by atoms with Crippen molar-refractivity contribution in [3.63, 3.8) is 0 Å². The first-order valence-corrected chi connectivity index (χ1v) is 12.0. The van der Waals surface area contributed by atoms with Crippen molar-refractivity contribution in [3.8, 4) is 11.1 Å². The number of nitrogens with two attached hydrogens (primary N) is 1. The molecule has 9 heteroatoms. The lowest BCUT2D eigenvalue weighted by Gasteiger charge is -2.30. The number of primary amides is 1. The number of anilines is 2. The summed E-state index contributed by atoms with van der Waals surface area (Å²) in [4.78, 5) is 29.5. The van der Waals surface area contributed by atoms with Crippen LogP contribution in [0.4, 0.5) is 16.2 Å². The number of carbonyl (C=O) groups is 2. The molecule has 1 fully saturated rings. The maximum atomic E-state index is 13.4. The topological polar surface area (TPSA) is 87.9 Å². The van der Waals surface area contributed by atoms with Crippen LogP contribution in [0.5, 0.6) is 0 Å². The molecule has 1 aliphatic rings. The molecule has 0 saturated carbocycles. The van der Waals surface area contributed by atoms with Crippen LogP contribution in [0.15, 0.2) is 66.7 Å². The lowest BCUT2D eigenvalue weighted by molar-refractivity contribution is 0.0393. The summed E-state index contributed by atoms with van der Waals surface area (Å²) in [5.41, 5.74) is 8.68. The Hall–Kier alpha value is -3.10. The van der Waals surface area contributed by atoms with E-state index in [-0.39, 0.29) is 6.03 Å². The van der Waals surface area contributed by atoms with E-state index in [9.17, 15) is 9.59 Å². The van der Waals surface area contributed by atoms with Crippen molar-refractivity contribution in [2.24, 2.45) is 5.73 Å². The smallest absolute Gasteiger partial charge is 0.326 e. The van der Waals surface area contributed by atoms with Gasteiger partial charge in [-0.05, 0) is 65.7 Å². The van der Waals surface area contributed by atoms with E-state index < -0.39 is 5.91 Å². The molecule has 0 bridgehead atoms. The molecule has 1 aliphatic heterocycles. The van der Waals surface area contributed by atoms with Crippen molar-refractivity contribution >= 4 is 46.5 Å². The SMILES string of the molecule is NC(=O)c1ccc(N(CCN2CCOCC2)C(=O)Nc2ccc(Cl)cc2)cc1-c1ccc(Cl)cc1. The van der Waals surface area contributed by atoms with Gasteiger partial charge >= 0.3 is 6.03 Å². The number of amides is 3. The highest BCUT2D eigenvalue weighted by Crippen LogP contribution is 2.30. The second kappa shape index (κ2) is 11.6. The number of benzene rings is 3. The largest absolute Gasteiger partial charge is 0.379 e. The Morgan fingerprint density at radius 2 is 1.57 bits per heavy atom. The standard InChI is InChI=1S/C26H26Cl2N4O3/c27-19-3-1-18(2-4-19)24-17-22(9-10-23(24)25(29)33)32(12-11-31-13-15-35-16-14-31)26(34)30-21-7-5-20(28)6-8-21/h1-10,17H,11-16H2,(H2,29,33)(H,30,34). The lowest BCUT2D eigenvalue weighted by Crippen LogP contribution is -2.44. The van der Waals surface area contributed by atoms with Crippen molar-refractivity contribution in [2.75, 3.05) is 49.6 Å². The van der Waals surface area contributed by atoms with E-state index in [0.29, 0.717) is 58.9 Å². The van der Waals surface area contributed by atoms with Gasteiger partial charge in [-0.1, -0.05) is 35.3 Å². The van der Waals surface area contributed by atoms with E-state index in [1.165, 1.54) is 0 Å². The van der Waals surface area contributed by atoms with Crippen LogP contribution in [0.2, 0.25) is 10.0 Å². The summed E-state index contributed by atoms with van der Waals surface area (Å²) in [7, 11) is 0. The summed E-state index contributed by atoms with van der Waals surface area (Å²) in [6.07, 6.45) is 0. The average molecular weight is 513 g/mol. The summed E-state index contributed by atoms with van der Waals surface area (Å²) in [6.45, 7) is 4.07. The minimum Gasteiger partial charge on any atom is -0.379 e. The molecule has 182 valence electrons. The molecule has 3 aromatic rings. The van der Waals surface area contributed by atoms with Gasteiger partial charge in [-0.2, -0.15) is 0 Å². The summed E-state index contributed by atoms with van der Waals surface area (Å²) >= 11 is 12.0. The zero-order chi connectivity index (χ0) is 24.8. The third-order valence-corrected chi connectivity index (χ3v) is 6.32. The summed E-state index contributed by atoms with van der Waals surface area (Å²) < 4.78 is 5.44. The van der Waals surface area contributed by atoms with Crippen LogP contribution in [-0.4, -0.2) is 56.2 Å². The molecule has 0 unspecified atom stereocenters. The van der Waals surface area contributed by atoms with Crippen molar-refractivity contribution in [1.82, 2.24) is 4.90 Å². The summed E-state index contributed by atoms with van der Waals surface area (Å²) in [5, 5.41) is 4.10. The molecule has 0 radical (unpaired) electrons. The second-order valence-electron chi connectivity index (χ2n) is 8.14. The number of halogens is 2. The van der Waals surface area contributed by atoms with Gasteiger partial charge in [-0.3, -0.25) is 14.6 Å². The fourth-order valence-electron chi connectivity index (χ4n) is 3.92. The predicted molar refractivity (Wildman–Crippen MR) is 140 cm³/mol. The molecule has 3 aromatic carbocycles. The number of rotatable bonds is 7. The molecule has 3 amide bonds. The molecular weight excluding hydrogens is 487 g/mol. The molecule has 3 N–H and O–H groups in total. The van der Waals surface area contributed by atoms with Gasteiger partial charge in [0.15, 0.2) is 0 Å². The minimum absolute atomic E-state index is 0.297. The molecule has 35 heavy (non-hydrogen) atoms. The Labute approximate surface area is 214 Å². The number of ether oxygens (including phenoxy) is 1. The molecule has 0 aliphatic carbocycles. The normalized spacial score (nSPS) is 13.9. The molecule has 0 aromatic heterocycles. The highest BCUT2D eigenvalue weighted by Gasteiger charge is 2.21. The Morgan fingerprint density at radius 3 is 2.20 bits per heavy atom. The maximum Gasteiger partial charge on any atom is 0.326 e. The fourth-order valence-corrected chi connectivity index (χ4v) is 4.17. The van der Waals surface area contributed by atoms with E-state index >= 15 is 0 Å². The number of carbonyl (C=O) groups excluding carboxylic acids is 2. The van der Waals surface area contributed by atoms with E-state index in [1.807, 2.05) is 18.2 Å². The van der Waals surface area contributed by atoms with Gasteiger partial charge in [0.05, 0.1) is 13.2 Å². The highest BCUT2D eigenvalue weighted by atomic mass is 35.5. The van der Waals surface area contributed by atoms with E-state index in [1.54, 1.807) is 53.4 Å². The van der Waals surface area contributed by atoms with Gasteiger partial charge < -0.3 is 15.8 Å². The third-order valence-electron chi connectivity index (χ3n) is 5.82. The van der Waals surface area contributed by atoms with Crippen LogP contribution >= 0.6 is 23.2 Å². The van der Waals surface area contributed by atoms with E-state index in [2.05, 4.69) is 10.2 Å². The summed E-state index contributed by atoms with van der Waals surface area (Å²) in [5.74, 6) is -0.549. The number of nitrogens with one attached hydrogen (secondary N) is 1. The van der Waals surface area contributed by atoms with Crippen LogP contribution in [0.25, 0.3) is 11.1 Å². The first-order chi connectivity index (χ1) is 16.9. The molecule has 0 atom stereocenters. The van der Waals surface area contributed by atoms with Crippen molar-refractivity contribution in [1.29, 1.82) is 0 Å². The second-order valence-corrected chi connectivity index (χ2v) is 9.02. The van der Waals surface area contributed by atoms with Crippen molar-refractivity contribution in [3.05, 3.63) is 82.3 Å². The third kappa shape index (κ3) is 6.52. The Kier molecular flexibility index (Phi) is 8.25. The fraction of sp³-hybridized carbons (Fsp3) is 0.231. The Bertz CT molecular complexity index is 1180. The molecule has 0 spiro atoms. The predicted octanol–water partition coefficient (Wildman–Crippen LogP) is 5.13. The van der Waals surface area contributed by atoms with Crippen molar-refractivity contribution < 1.29 is 14.3 Å². The molecule has 1 heterocycles. The minimum atomic E-state index is -0.549. The number of hydrogen-bond donors (Lipinski definition) is 2. The van der Waals surface area contributed by atoms with E-state index in [4.69, 9.17) is 33.7 Å². The van der Waals surface area contributed by atoms with Crippen molar-refractivity contribution in [2.45, 2.75) is 0 Å². The van der Waals surface area contributed by atoms with Crippen LogP contribution in [0.1, 0.15) is 10.4 Å². The van der Waals surface area contributed by atoms with Crippen LogP contribution in [0.3, 0.4) is 0 Å². The number of morpholine rings is 1. The van der Waals surface area contributed by atoms with Gasteiger partial charge in [0.1, 0.15) is 0 Å². The zero-order valence-corrected chi connectivity index (χ0v) is 20.6.